The van der Waals surface area contributed by atoms with E-state index in [0.717, 1.165) is 10.2 Å². The molecule has 0 saturated carbocycles. The molecule has 2 heterocycles. The maximum atomic E-state index is 11.6. The number of amides is 1. The Morgan fingerprint density at radius 1 is 1.29 bits per heavy atom. The number of carbonyl (C=O) groups is 1. The van der Waals surface area contributed by atoms with Crippen LogP contribution in [0.1, 0.15) is 12.1 Å². The summed E-state index contributed by atoms with van der Waals surface area (Å²) in [6.45, 7) is 0.201. The molecule has 0 atom stereocenters. The zero-order chi connectivity index (χ0) is 19.8. The fourth-order valence-electron chi connectivity index (χ4n) is 2.31. The number of aromatic nitrogens is 2. The summed E-state index contributed by atoms with van der Waals surface area (Å²) in [5, 5.41) is 17.1. The van der Waals surface area contributed by atoms with Crippen LogP contribution in [0.3, 0.4) is 0 Å². The normalized spacial score (nSPS) is 10.5. The molecule has 0 aliphatic carbocycles. The van der Waals surface area contributed by atoms with E-state index in [2.05, 4.69) is 36.5 Å². The quantitative estimate of drug-likeness (QED) is 0.446. The Kier molecular flexibility index (Phi) is 7.35. The third-order valence-electron chi connectivity index (χ3n) is 3.61. The van der Waals surface area contributed by atoms with Gasteiger partial charge in [0.25, 0.3) is 0 Å². The molecule has 0 aliphatic heterocycles. The van der Waals surface area contributed by atoms with Crippen molar-refractivity contribution in [3.8, 4) is 11.5 Å². The number of hydrogen-bond donors (Lipinski definition) is 3. The molecule has 0 saturated heterocycles. The molecule has 3 N–H and O–H groups in total. The highest BCUT2D eigenvalue weighted by Crippen LogP contribution is 2.33. The lowest BCUT2D eigenvalue weighted by molar-refractivity contribution is -0.121. The van der Waals surface area contributed by atoms with Crippen molar-refractivity contribution in [3.05, 3.63) is 58.1 Å². The number of pyridine rings is 1. The summed E-state index contributed by atoms with van der Waals surface area (Å²) >= 11 is 4.85. The molecule has 28 heavy (non-hydrogen) atoms. The minimum absolute atomic E-state index is 0.0654. The molecule has 9 heteroatoms. The molecule has 0 radical (unpaired) electrons. The van der Waals surface area contributed by atoms with Gasteiger partial charge in [0.15, 0.2) is 16.7 Å². The third kappa shape index (κ3) is 6.01. The lowest BCUT2D eigenvalue weighted by atomic mass is 10.2. The van der Waals surface area contributed by atoms with Crippen molar-refractivity contribution in [1.82, 2.24) is 15.3 Å². The molecule has 146 valence electrons. The molecule has 0 fully saturated rings. The molecule has 0 unspecified atom stereocenters. The van der Waals surface area contributed by atoms with E-state index in [1.165, 1.54) is 11.3 Å². The molecule has 7 nitrogen and oxygen atoms in total. The van der Waals surface area contributed by atoms with Gasteiger partial charge in [0.2, 0.25) is 5.91 Å². The van der Waals surface area contributed by atoms with Gasteiger partial charge in [-0.3, -0.25) is 4.79 Å². The van der Waals surface area contributed by atoms with Crippen LogP contribution in [0.4, 0.5) is 10.9 Å². The second-order valence-electron chi connectivity index (χ2n) is 5.76. The van der Waals surface area contributed by atoms with E-state index >= 15 is 0 Å². The van der Waals surface area contributed by atoms with Gasteiger partial charge in [0.1, 0.15) is 5.75 Å². The van der Waals surface area contributed by atoms with Crippen molar-refractivity contribution in [3.63, 3.8) is 0 Å². The van der Waals surface area contributed by atoms with Gasteiger partial charge in [0, 0.05) is 35.1 Å². The molecule has 3 aromatic rings. The van der Waals surface area contributed by atoms with Gasteiger partial charge in [-0.1, -0.05) is 18.2 Å². The highest BCUT2D eigenvalue weighted by Gasteiger charge is 2.11. The topological polar surface area (TPSA) is 96.4 Å². The van der Waals surface area contributed by atoms with Gasteiger partial charge in [-0.05, 0) is 34.5 Å². The average Bonchev–Trinajstić information content (AvgIpc) is 3.15. The van der Waals surface area contributed by atoms with Crippen LogP contribution in [0.25, 0.3) is 0 Å². The molecule has 0 aliphatic rings. The number of nitrogens with zero attached hydrogens (tertiary/aromatic N) is 2. The van der Waals surface area contributed by atoms with Crippen molar-refractivity contribution < 1.29 is 14.6 Å². The van der Waals surface area contributed by atoms with Gasteiger partial charge in [-0.15, -0.1) is 11.3 Å². The Morgan fingerprint density at radius 2 is 2.11 bits per heavy atom. The highest BCUT2D eigenvalue weighted by molar-refractivity contribution is 9.10. The molecule has 1 aromatic carbocycles. The first kappa shape index (κ1) is 20.2. The van der Waals surface area contributed by atoms with E-state index < -0.39 is 0 Å². The first-order valence-electron chi connectivity index (χ1n) is 8.61. The van der Waals surface area contributed by atoms with Crippen LogP contribution in [0.5, 0.6) is 11.5 Å². The van der Waals surface area contributed by atoms with Crippen LogP contribution in [-0.2, 0) is 11.2 Å². The maximum Gasteiger partial charge on any atom is 0.220 e. The van der Waals surface area contributed by atoms with E-state index in [1.807, 2.05) is 41.8 Å². The van der Waals surface area contributed by atoms with Crippen LogP contribution in [0, 0.1) is 0 Å². The predicted octanol–water partition coefficient (Wildman–Crippen LogP) is 3.88. The number of nitrogens with one attached hydrogen (secondary N) is 2. The summed E-state index contributed by atoms with van der Waals surface area (Å²) in [4.78, 5) is 20.5. The Bertz CT molecular complexity index is 921. The SMILES string of the molecule is O=C(CCc1csc(Nc2ncc(Br)cc2Oc2ccccc2)n1)NCCO. The van der Waals surface area contributed by atoms with Crippen molar-refractivity contribution >= 4 is 44.1 Å². The van der Waals surface area contributed by atoms with Crippen molar-refractivity contribution in [1.29, 1.82) is 0 Å². The first-order chi connectivity index (χ1) is 13.6. The first-order valence-corrected chi connectivity index (χ1v) is 10.3. The Labute approximate surface area is 174 Å². The monoisotopic (exact) mass is 462 g/mol. The van der Waals surface area contributed by atoms with Gasteiger partial charge in [-0.25, -0.2) is 9.97 Å². The van der Waals surface area contributed by atoms with Crippen LogP contribution in [0.15, 0.2) is 52.4 Å². The number of ether oxygens (including phenoxy) is 1. The summed E-state index contributed by atoms with van der Waals surface area (Å²) in [6.07, 6.45) is 2.53. The molecular formula is C19H19BrN4O3S. The number of thiazole rings is 1. The molecule has 2 aromatic heterocycles. The number of halogens is 1. The maximum absolute atomic E-state index is 11.6. The molecular weight excluding hydrogens is 444 g/mol. The molecule has 1 amide bonds. The lowest BCUT2D eigenvalue weighted by Crippen LogP contribution is -2.26. The summed E-state index contributed by atoms with van der Waals surface area (Å²) in [5.41, 5.74) is 0.814. The van der Waals surface area contributed by atoms with Gasteiger partial charge < -0.3 is 20.5 Å². The van der Waals surface area contributed by atoms with E-state index in [0.29, 0.717) is 35.3 Å². The van der Waals surface area contributed by atoms with Crippen LogP contribution < -0.4 is 15.4 Å². The number of aryl methyl sites for hydroxylation is 1. The molecule has 0 bridgehead atoms. The fraction of sp³-hybridized carbons (Fsp3) is 0.211. The minimum atomic E-state index is -0.107. The van der Waals surface area contributed by atoms with Gasteiger partial charge >= 0.3 is 0 Å². The van der Waals surface area contributed by atoms with Crippen LogP contribution >= 0.6 is 27.3 Å². The number of anilines is 2. The standard InChI is InChI=1S/C19H19BrN4O3S/c20-13-10-16(27-15-4-2-1-3-5-15)18(22-11-13)24-19-23-14(12-28-19)6-7-17(26)21-8-9-25/h1-5,10-12,25H,6-9H2,(H,21,26)(H,22,23,24). The van der Waals surface area contributed by atoms with E-state index in [1.54, 1.807) is 6.20 Å². The largest absolute Gasteiger partial charge is 0.453 e. The number of aliphatic hydroxyl groups is 1. The second kappa shape index (κ2) is 10.2. The highest BCUT2D eigenvalue weighted by atomic mass is 79.9. The smallest absolute Gasteiger partial charge is 0.220 e. The zero-order valence-corrected chi connectivity index (χ0v) is 17.3. The number of benzene rings is 1. The predicted molar refractivity (Wildman–Crippen MR) is 112 cm³/mol. The summed E-state index contributed by atoms with van der Waals surface area (Å²) in [5.74, 6) is 1.72. The minimum Gasteiger partial charge on any atom is -0.453 e. The van der Waals surface area contributed by atoms with Crippen molar-refractivity contribution in [2.75, 3.05) is 18.5 Å². The fourth-order valence-corrected chi connectivity index (χ4v) is 3.37. The number of aliphatic hydroxyl groups excluding tert-OH is 1. The van der Waals surface area contributed by atoms with Crippen molar-refractivity contribution in [2.24, 2.45) is 0 Å². The van der Waals surface area contributed by atoms with E-state index in [4.69, 9.17) is 9.84 Å². The summed E-state index contributed by atoms with van der Waals surface area (Å²) in [6, 6.07) is 11.3. The summed E-state index contributed by atoms with van der Waals surface area (Å²) < 4.78 is 6.74. The Hall–Kier alpha value is -2.49. The van der Waals surface area contributed by atoms with Crippen molar-refractivity contribution in [2.45, 2.75) is 12.8 Å². The number of rotatable bonds is 9. The molecule has 0 spiro atoms. The number of para-hydroxylation sites is 1. The number of hydrogen-bond acceptors (Lipinski definition) is 7. The number of carbonyl (C=O) groups excluding carboxylic acids is 1. The van der Waals surface area contributed by atoms with Gasteiger partial charge in [-0.2, -0.15) is 0 Å². The van der Waals surface area contributed by atoms with Crippen LogP contribution in [0.2, 0.25) is 0 Å². The Balaban J connectivity index is 1.65. The lowest BCUT2D eigenvalue weighted by Gasteiger charge is -2.11. The third-order valence-corrected chi connectivity index (χ3v) is 4.85. The average molecular weight is 463 g/mol. The van der Waals surface area contributed by atoms with Gasteiger partial charge in [0.05, 0.1) is 12.3 Å². The zero-order valence-electron chi connectivity index (χ0n) is 14.9. The molecule has 3 rings (SSSR count). The van der Waals surface area contributed by atoms with E-state index in [9.17, 15) is 4.79 Å². The van der Waals surface area contributed by atoms with E-state index in [-0.39, 0.29) is 19.1 Å². The second-order valence-corrected chi connectivity index (χ2v) is 7.53. The van der Waals surface area contributed by atoms with Crippen LogP contribution in [-0.4, -0.2) is 34.1 Å². The Morgan fingerprint density at radius 3 is 2.89 bits per heavy atom. The summed E-state index contributed by atoms with van der Waals surface area (Å²) in [7, 11) is 0.